The van der Waals surface area contributed by atoms with Crippen LogP contribution < -0.4 is 0 Å². The maximum atomic E-state index is 11.1. The van der Waals surface area contributed by atoms with Gasteiger partial charge in [0.25, 0.3) is 5.69 Å². The van der Waals surface area contributed by atoms with Gasteiger partial charge in [-0.25, -0.2) is 4.79 Å². The van der Waals surface area contributed by atoms with Crippen molar-refractivity contribution < 1.29 is 19.5 Å². The van der Waals surface area contributed by atoms with Gasteiger partial charge in [0, 0.05) is 12.1 Å². The second-order valence-electron chi connectivity index (χ2n) is 2.96. The Morgan fingerprint density at radius 2 is 2.00 bits per heavy atom. The van der Waals surface area contributed by atoms with E-state index < -0.39 is 10.9 Å². The number of benzene rings is 1. The van der Waals surface area contributed by atoms with E-state index in [2.05, 4.69) is 9.78 Å². The Bertz CT molecular complexity index is 373. The van der Waals surface area contributed by atoms with Gasteiger partial charge in [-0.1, -0.05) is 12.1 Å². The third-order valence-corrected chi connectivity index (χ3v) is 1.77. The van der Waals surface area contributed by atoms with Crippen LogP contribution in [0.3, 0.4) is 0 Å². The van der Waals surface area contributed by atoms with Crippen molar-refractivity contribution in [1.29, 1.82) is 0 Å². The van der Waals surface area contributed by atoms with Crippen LogP contribution in [0, 0.1) is 10.1 Å². The van der Waals surface area contributed by atoms with Crippen LogP contribution in [0.15, 0.2) is 24.3 Å². The van der Waals surface area contributed by atoms with Gasteiger partial charge in [0.05, 0.1) is 18.0 Å². The summed E-state index contributed by atoms with van der Waals surface area (Å²) in [5.74, 6) is -0.532. The third-order valence-electron chi connectivity index (χ3n) is 1.77. The van der Waals surface area contributed by atoms with Crippen LogP contribution in [0.5, 0.6) is 0 Å². The first kappa shape index (κ1) is 12.1. The number of hydrogen-bond acceptors (Lipinski definition) is 5. The van der Waals surface area contributed by atoms with Crippen molar-refractivity contribution in [2.45, 2.75) is 13.3 Å². The zero-order valence-electron chi connectivity index (χ0n) is 8.71. The first-order valence-electron chi connectivity index (χ1n) is 4.69. The molecule has 0 atom stereocenters. The summed E-state index contributed by atoms with van der Waals surface area (Å²) in [6.45, 7) is 1.98. The van der Waals surface area contributed by atoms with Gasteiger partial charge in [-0.2, -0.15) is 4.89 Å². The molecule has 16 heavy (non-hydrogen) atoms. The molecule has 0 radical (unpaired) electrons. The SMILES string of the molecule is CCOOC(=O)Cc1ccc([N+](=O)[O-])cc1. The maximum Gasteiger partial charge on any atom is 0.346 e. The minimum Gasteiger partial charge on any atom is -0.298 e. The predicted molar refractivity (Wildman–Crippen MR) is 54.5 cm³/mol. The summed E-state index contributed by atoms with van der Waals surface area (Å²) in [7, 11) is 0. The molecule has 86 valence electrons. The fourth-order valence-corrected chi connectivity index (χ4v) is 1.06. The lowest BCUT2D eigenvalue weighted by Crippen LogP contribution is -2.08. The molecule has 0 aliphatic carbocycles. The number of non-ortho nitro benzene ring substituents is 1. The summed E-state index contributed by atoms with van der Waals surface area (Å²) in [5, 5.41) is 10.4. The molecule has 1 aromatic carbocycles. The smallest absolute Gasteiger partial charge is 0.298 e. The van der Waals surface area contributed by atoms with E-state index in [4.69, 9.17) is 0 Å². The number of nitro groups is 1. The maximum absolute atomic E-state index is 11.1. The number of rotatable bonds is 5. The molecule has 0 bridgehead atoms. The highest BCUT2D eigenvalue weighted by Crippen LogP contribution is 2.12. The fourth-order valence-electron chi connectivity index (χ4n) is 1.06. The van der Waals surface area contributed by atoms with Gasteiger partial charge >= 0.3 is 5.97 Å². The Hall–Kier alpha value is -1.95. The Balaban J connectivity index is 2.55. The van der Waals surface area contributed by atoms with Crippen molar-refractivity contribution in [3.05, 3.63) is 39.9 Å². The van der Waals surface area contributed by atoms with E-state index in [-0.39, 0.29) is 18.7 Å². The van der Waals surface area contributed by atoms with Crippen molar-refractivity contribution in [3.63, 3.8) is 0 Å². The van der Waals surface area contributed by atoms with Crippen LogP contribution >= 0.6 is 0 Å². The van der Waals surface area contributed by atoms with E-state index in [1.165, 1.54) is 24.3 Å². The van der Waals surface area contributed by atoms with Gasteiger partial charge in [-0.3, -0.25) is 15.0 Å². The summed E-state index contributed by atoms with van der Waals surface area (Å²) >= 11 is 0. The summed E-state index contributed by atoms with van der Waals surface area (Å²) in [4.78, 5) is 29.9. The Labute approximate surface area is 91.9 Å². The normalized spacial score (nSPS) is 9.81. The highest BCUT2D eigenvalue weighted by Gasteiger charge is 2.08. The van der Waals surface area contributed by atoms with Gasteiger partial charge in [0.1, 0.15) is 0 Å². The van der Waals surface area contributed by atoms with E-state index in [0.717, 1.165) is 0 Å². The van der Waals surface area contributed by atoms with Gasteiger partial charge in [-0.05, 0) is 12.5 Å². The van der Waals surface area contributed by atoms with E-state index >= 15 is 0 Å². The van der Waals surface area contributed by atoms with Gasteiger partial charge in [0.15, 0.2) is 0 Å². The minimum atomic E-state index is -0.532. The minimum absolute atomic E-state index is 0.0121. The lowest BCUT2D eigenvalue weighted by atomic mass is 10.1. The predicted octanol–water partition coefficient (Wildman–Crippen LogP) is 1.63. The highest BCUT2D eigenvalue weighted by atomic mass is 17.2. The van der Waals surface area contributed by atoms with Crippen LogP contribution in [-0.4, -0.2) is 17.5 Å². The zero-order chi connectivity index (χ0) is 12.0. The monoisotopic (exact) mass is 225 g/mol. The van der Waals surface area contributed by atoms with E-state index in [9.17, 15) is 14.9 Å². The van der Waals surface area contributed by atoms with Gasteiger partial charge in [-0.15, -0.1) is 0 Å². The van der Waals surface area contributed by atoms with Crippen molar-refractivity contribution in [1.82, 2.24) is 0 Å². The van der Waals surface area contributed by atoms with Crippen molar-refractivity contribution in [2.75, 3.05) is 6.61 Å². The standard InChI is InChI=1S/C10H11NO5/c1-2-15-16-10(12)7-8-3-5-9(6-4-8)11(13)14/h3-6H,2,7H2,1H3. The summed E-state index contributed by atoms with van der Waals surface area (Å²) in [6, 6.07) is 5.68. The summed E-state index contributed by atoms with van der Waals surface area (Å²) in [6.07, 6.45) is 0.0258. The van der Waals surface area contributed by atoms with Crippen LogP contribution in [-0.2, 0) is 21.0 Å². The van der Waals surface area contributed by atoms with E-state index in [1.54, 1.807) is 6.92 Å². The molecule has 0 aliphatic heterocycles. The Morgan fingerprint density at radius 1 is 1.38 bits per heavy atom. The fraction of sp³-hybridized carbons (Fsp3) is 0.300. The molecule has 6 heteroatoms. The average Bonchev–Trinajstić information content (AvgIpc) is 2.27. The number of hydrogen-bond donors (Lipinski definition) is 0. The molecule has 0 fully saturated rings. The Kier molecular flexibility index (Phi) is 4.41. The molecule has 0 aliphatic rings. The molecule has 0 spiro atoms. The molecule has 0 saturated heterocycles. The van der Waals surface area contributed by atoms with Crippen molar-refractivity contribution in [2.24, 2.45) is 0 Å². The van der Waals surface area contributed by atoms with Gasteiger partial charge < -0.3 is 0 Å². The van der Waals surface area contributed by atoms with Gasteiger partial charge in [0.2, 0.25) is 0 Å². The lowest BCUT2D eigenvalue weighted by molar-refractivity contribution is -0.384. The lowest BCUT2D eigenvalue weighted by Gasteiger charge is -2.01. The molecule has 1 aromatic rings. The molecular formula is C10H11NO5. The molecule has 1 rings (SSSR count). The molecule has 0 aromatic heterocycles. The number of carbonyl (C=O) groups excluding carboxylic acids is 1. The molecule has 0 N–H and O–H groups in total. The molecule has 6 nitrogen and oxygen atoms in total. The van der Waals surface area contributed by atoms with E-state index in [1.807, 2.05) is 0 Å². The number of nitrogens with zero attached hydrogens (tertiary/aromatic N) is 1. The second-order valence-corrected chi connectivity index (χ2v) is 2.96. The second kappa shape index (κ2) is 5.82. The highest BCUT2D eigenvalue weighted by molar-refractivity contribution is 5.72. The average molecular weight is 225 g/mol. The van der Waals surface area contributed by atoms with Crippen LogP contribution in [0.25, 0.3) is 0 Å². The first-order valence-corrected chi connectivity index (χ1v) is 4.69. The molecule has 0 saturated carbocycles. The molecule has 0 unspecified atom stereocenters. The zero-order valence-corrected chi connectivity index (χ0v) is 8.71. The topological polar surface area (TPSA) is 78.7 Å². The van der Waals surface area contributed by atoms with Crippen LogP contribution in [0.1, 0.15) is 12.5 Å². The number of carbonyl (C=O) groups is 1. The van der Waals surface area contributed by atoms with Crippen LogP contribution in [0.2, 0.25) is 0 Å². The van der Waals surface area contributed by atoms with Crippen molar-refractivity contribution >= 4 is 11.7 Å². The molecule has 0 amide bonds. The summed E-state index contributed by atoms with van der Waals surface area (Å²) in [5.41, 5.74) is 0.622. The summed E-state index contributed by atoms with van der Waals surface area (Å²) < 4.78 is 0. The van der Waals surface area contributed by atoms with Crippen molar-refractivity contribution in [3.8, 4) is 0 Å². The third kappa shape index (κ3) is 3.66. The largest absolute Gasteiger partial charge is 0.346 e. The number of nitro benzene ring substituents is 1. The van der Waals surface area contributed by atoms with Crippen LogP contribution in [0.4, 0.5) is 5.69 Å². The first-order chi connectivity index (χ1) is 7.63. The molecular weight excluding hydrogens is 214 g/mol. The van der Waals surface area contributed by atoms with E-state index in [0.29, 0.717) is 5.56 Å². The quantitative estimate of drug-likeness (QED) is 0.432. The molecule has 0 heterocycles. The Morgan fingerprint density at radius 3 is 2.50 bits per heavy atom.